The number of sulfonamides is 1. The van der Waals surface area contributed by atoms with E-state index in [1.54, 1.807) is 30.0 Å². The lowest BCUT2D eigenvalue weighted by Gasteiger charge is -2.21. The van der Waals surface area contributed by atoms with E-state index >= 15 is 0 Å². The van der Waals surface area contributed by atoms with Crippen LogP contribution in [0.3, 0.4) is 0 Å². The number of carbonyl (C=O) groups excluding carboxylic acids is 3. The summed E-state index contributed by atoms with van der Waals surface area (Å²) < 4.78 is 27.7. The average molecular weight is 473 g/mol. The lowest BCUT2D eigenvalue weighted by Crippen LogP contribution is -2.42. The molecule has 0 radical (unpaired) electrons. The van der Waals surface area contributed by atoms with Crippen LogP contribution in [0.1, 0.15) is 42.6 Å². The summed E-state index contributed by atoms with van der Waals surface area (Å²) in [6.07, 6.45) is 1.90. The van der Waals surface area contributed by atoms with Gasteiger partial charge in [-0.2, -0.15) is 4.72 Å². The Morgan fingerprint density at radius 1 is 0.970 bits per heavy atom. The Morgan fingerprint density at radius 2 is 1.61 bits per heavy atom. The van der Waals surface area contributed by atoms with Crippen LogP contribution in [-0.2, 0) is 19.6 Å². The number of nitrogens with one attached hydrogen (secondary N) is 3. The molecule has 1 saturated heterocycles. The molecule has 1 fully saturated rings. The van der Waals surface area contributed by atoms with Gasteiger partial charge in [-0.3, -0.25) is 14.4 Å². The molecule has 10 heteroatoms. The molecule has 3 N–H and O–H groups in total. The molecular formula is C23H28N4O5S. The van der Waals surface area contributed by atoms with Crippen LogP contribution in [-0.4, -0.2) is 50.2 Å². The van der Waals surface area contributed by atoms with Gasteiger partial charge in [0.05, 0.1) is 22.2 Å². The number of likely N-dealkylation sites (tertiary alicyclic amines) is 1. The third-order valence-electron chi connectivity index (χ3n) is 5.35. The monoisotopic (exact) mass is 472 g/mol. The van der Waals surface area contributed by atoms with Crippen LogP contribution < -0.4 is 15.4 Å². The first-order valence-corrected chi connectivity index (χ1v) is 12.2. The van der Waals surface area contributed by atoms with E-state index in [0.29, 0.717) is 30.0 Å². The largest absolute Gasteiger partial charge is 0.339 e. The fraction of sp³-hybridized carbons (Fsp3) is 0.348. The summed E-state index contributed by atoms with van der Waals surface area (Å²) in [4.78, 5) is 38.6. The molecule has 3 rings (SSSR count). The number of hydrogen-bond donors (Lipinski definition) is 3. The van der Waals surface area contributed by atoms with Crippen molar-refractivity contribution in [2.24, 2.45) is 0 Å². The predicted molar refractivity (Wildman–Crippen MR) is 125 cm³/mol. The summed E-state index contributed by atoms with van der Waals surface area (Å²) in [5, 5.41) is 5.26. The van der Waals surface area contributed by atoms with E-state index in [-0.39, 0.29) is 16.7 Å². The zero-order chi connectivity index (χ0) is 24.2. The van der Waals surface area contributed by atoms with Crippen LogP contribution in [0.15, 0.2) is 47.4 Å². The summed E-state index contributed by atoms with van der Waals surface area (Å²) in [5.41, 5.74) is 1.96. The Morgan fingerprint density at radius 3 is 2.21 bits per heavy atom. The molecule has 0 spiro atoms. The van der Waals surface area contributed by atoms with Gasteiger partial charge in [-0.25, -0.2) is 8.42 Å². The molecule has 0 unspecified atom stereocenters. The van der Waals surface area contributed by atoms with Gasteiger partial charge in [-0.15, -0.1) is 0 Å². The zero-order valence-corrected chi connectivity index (χ0v) is 19.7. The quantitative estimate of drug-likeness (QED) is 0.571. The van der Waals surface area contributed by atoms with Crippen molar-refractivity contribution in [3.8, 4) is 0 Å². The number of carbonyl (C=O) groups is 3. The normalized spacial score (nSPS) is 14.6. The van der Waals surface area contributed by atoms with Gasteiger partial charge in [-0.1, -0.05) is 12.1 Å². The highest BCUT2D eigenvalue weighted by atomic mass is 32.2. The highest BCUT2D eigenvalue weighted by molar-refractivity contribution is 7.89. The fourth-order valence-corrected chi connectivity index (χ4v) is 4.85. The van der Waals surface area contributed by atoms with Crippen molar-refractivity contribution in [3.05, 3.63) is 53.6 Å². The molecule has 1 atom stereocenters. The molecule has 0 saturated carbocycles. The Bertz CT molecular complexity index is 1160. The lowest BCUT2D eigenvalue weighted by atomic mass is 10.0. The molecule has 2 aromatic rings. The molecular weight excluding hydrogens is 444 g/mol. The number of benzene rings is 2. The van der Waals surface area contributed by atoms with Crippen LogP contribution >= 0.6 is 0 Å². The number of nitrogens with zero attached hydrogens (tertiary/aromatic N) is 1. The first kappa shape index (κ1) is 24.4. The molecule has 3 amide bonds. The highest BCUT2D eigenvalue weighted by Gasteiger charge is 2.26. The Balaban J connectivity index is 1.72. The summed E-state index contributed by atoms with van der Waals surface area (Å²) in [6.45, 7) is 5.94. The van der Waals surface area contributed by atoms with Gasteiger partial charge in [0.15, 0.2) is 0 Å². The summed E-state index contributed by atoms with van der Waals surface area (Å²) in [7, 11) is -3.99. The number of amides is 3. The average Bonchev–Trinajstić information content (AvgIpc) is 3.28. The molecule has 33 heavy (non-hydrogen) atoms. The van der Waals surface area contributed by atoms with E-state index in [9.17, 15) is 22.8 Å². The van der Waals surface area contributed by atoms with Crippen molar-refractivity contribution < 1.29 is 22.8 Å². The molecule has 176 valence electrons. The van der Waals surface area contributed by atoms with Crippen LogP contribution in [0, 0.1) is 6.92 Å². The van der Waals surface area contributed by atoms with Crippen LogP contribution in [0.25, 0.3) is 0 Å². The van der Waals surface area contributed by atoms with Gasteiger partial charge in [0.2, 0.25) is 21.8 Å². The number of hydrogen-bond acceptors (Lipinski definition) is 5. The Labute approximate surface area is 193 Å². The minimum Gasteiger partial charge on any atom is -0.339 e. The van der Waals surface area contributed by atoms with Crippen molar-refractivity contribution in [1.82, 2.24) is 9.62 Å². The van der Waals surface area contributed by atoms with Crippen LogP contribution in [0.4, 0.5) is 11.4 Å². The topological polar surface area (TPSA) is 125 Å². The highest BCUT2D eigenvalue weighted by Crippen LogP contribution is 2.24. The van der Waals surface area contributed by atoms with Gasteiger partial charge in [0.25, 0.3) is 5.91 Å². The van der Waals surface area contributed by atoms with Crippen molar-refractivity contribution in [3.63, 3.8) is 0 Å². The van der Waals surface area contributed by atoms with E-state index in [4.69, 9.17) is 0 Å². The smallest absolute Gasteiger partial charge is 0.256 e. The van der Waals surface area contributed by atoms with Gasteiger partial charge in [0, 0.05) is 25.7 Å². The lowest BCUT2D eigenvalue weighted by molar-refractivity contribution is -0.117. The number of aryl methyl sites for hydroxylation is 1. The summed E-state index contributed by atoms with van der Waals surface area (Å²) >= 11 is 0. The summed E-state index contributed by atoms with van der Waals surface area (Å²) in [5.74, 6) is -1.00. The van der Waals surface area contributed by atoms with E-state index in [1.165, 1.54) is 38.1 Å². The van der Waals surface area contributed by atoms with Gasteiger partial charge in [-0.05, 0) is 62.6 Å². The van der Waals surface area contributed by atoms with Gasteiger partial charge in [0.1, 0.15) is 0 Å². The second-order valence-electron chi connectivity index (χ2n) is 8.03. The molecule has 1 aliphatic heterocycles. The third kappa shape index (κ3) is 5.96. The second-order valence-corrected chi connectivity index (χ2v) is 9.75. The van der Waals surface area contributed by atoms with Crippen LogP contribution in [0.5, 0.6) is 0 Å². The Kier molecular flexibility index (Phi) is 7.50. The number of rotatable bonds is 7. The first-order chi connectivity index (χ1) is 15.6. The van der Waals surface area contributed by atoms with Gasteiger partial charge >= 0.3 is 0 Å². The van der Waals surface area contributed by atoms with Crippen LogP contribution in [0.2, 0.25) is 0 Å². The minimum atomic E-state index is -3.99. The van der Waals surface area contributed by atoms with E-state index in [0.717, 1.165) is 18.4 Å². The molecule has 2 aromatic carbocycles. The zero-order valence-electron chi connectivity index (χ0n) is 18.8. The maximum atomic E-state index is 13.0. The maximum absolute atomic E-state index is 13.0. The fourth-order valence-electron chi connectivity index (χ4n) is 3.65. The first-order valence-electron chi connectivity index (χ1n) is 10.7. The Hall–Kier alpha value is -3.24. The standard InChI is InChI=1S/C23H28N4O5S/c1-15-7-6-8-20(21(15)23(30)27-13-4-5-14-27)25-22(29)16(2)26-33(31,32)19-11-9-18(10-12-19)24-17(3)28/h6-12,16,26H,4-5,13-14H2,1-3H3,(H,24,28)(H,25,29)/t16-/m0/s1. The molecule has 0 bridgehead atoms. The molecule has 9 nitrogen and oxygen atoms in total. The van der Waals surface area contributed by atoms with Crippen molar-refractivity contribution in [2.45, 2.75) is 44.6 Å². The maximum Gasteiger partial charge on any atom is 0.256 e. The van der Waals surface area contributed by atoms with Crippen molar-refractivity contribution >= 4 is 39.1 Å². The predicted octanol–water partition coefficient (Wildman–Crippen LogP) is 2.49. The van der Waals surface area contributed by atoms with Crippen molar-refractivity contribution in [1.29, 1.82) is 0 Å². The second kappa shape index (κ2) is 10.1. The van der Waals surface area contributed by atoms with E-state index in [1.807, 2.05) is 0 Å². The van der Waals surface area contributed by atoms with E-state index in [2.05, 4.69) is 15.4 Å². The minimum absolute atomic E-state index is 0.0447. The molecule has 1 heterocycles. The van der Waals surface area contributed by atoms with Crippen molar-refractivity contribution in [2.75, 3.05) is 23.7 Å². The molecule has 1 aliphatic rings. The molecule has 0 aromatic heterocycles. The van der Waals surface area contributed by atoms with Gasteiger partial charge < -0.3 is 15.5 Å². The molecule has 0 aliphatic carbocycles. The third-order valence-corrected chi connectivity index (χ3v) is 6.90. The summed E-state index contributed by atoms with van der Waals surface area (Å²) in [6, 6.07) is 9.67. The van der Waals surface area contributed by atoms with E-state index < -0.39 is 22.0 Å². The number of anilines is 2. The SMILES string of the molecule is CC(=O)Nc1ccc(S(=O)(=O)N[C@@H](C)C(=O)Nc2cccc(C)c2C(=O)N2CCCC2)cc1.